The number of nitrogens with one attached hydrogen (secondary N) is 2. The summed E-state index contributed by atoms with van der Waals surface area (Å²) < 4.78 is 16.3. The smallest absolute Gasteiger partial charge is 0.261 e. The Morgan fingerprint density at radius 1 is 1.03 bits per heavy atom. The fraction of sp³-hybridized carbons (Fsp3) is 0.125. The molecule has 0 saturated carbocycles. The Bertz CT molecular complexity index is 1320. The summed E-state index contributed by atoms with van der Waals surface area (Å²) in [6.07, 6.45) is 0. The SMILES string of the molecule is COc1ccc(C(=O)NC(=S)Nc2cccc(-c3nc4cc(C)ccc4o3)c2)c(OC)c1. The highest BCUT2D eigenvalue weighted by molar-refractivity contribution is 7.80. The summed E-state index contributed by atoms with van der Waals surface area (Å²) >= 11 is 5.32. The molecule has 4 aromatic rings. The molecular weight excluding hydrogens is 426 g/mol. The van der Waals surface area contributed by atoms with E-state index >= 15 is 0 Å². The van der Waals surface area contributed by atoms with Crippen molar-refractivity contribution in [3.8, 4) is 23.0 Å². The summed E-state index contributed by atoms with van der Waals surface area (Å²) in [5.41, 5.74) is 4.45. The van der Waals surface area contributed by atoms with Crippen LogP contribution in [-0.4, -0.2) is 30.2 Å². The van der Waals surface area contributed by atoms with Crippen molar-refractivity contribution in [2.24, 2.45) is 0 Å². The van der Waals surface area contributed by atoms with Gasteiger partial charge in [0, 0.05) is 17.3 Å². The van der Waals surface area contributed by atoms with E-state index in [1.54, 1.807) is 25.3 Å². The number of thiocarbonyl (C=S) groups is 1. The Kier molecular flexibility index (Phi) is 6.04. The second-order valence-electron chi connectivity index (χ2n) is 7.05. The number of carbonyl (C=O) groups is 1. The lowest BCUT2D eigenvalue weighted by Crippen LogP contribution is -2.34. The third-order valence-electron chi connectivity index (χ3n) is 4.79. The van der Waals surface area contributed by atoms with Gasteiger partial charge in [-0.2, -0.15) is 0 Å². The molecule has 0 spiro atoms. The summed E-state index contributed by atoms with van der Waals surface area (Å²) in [5.74, 6) is 1.09. The number of nitrogens with zero attached hydrogens (tertiary/aromatic N) is 1. The minimum absolute atomic E-state index is 0.151. The van der Waals surface area contributed by atoms with Crippen LogP contribution in [0.3, 0.4) is 0 Å². The lowest BCUT2D eigenvalue weighted by molar-refractivity contribution is 0.0974. The number of methoxy groups -OCH3 is 2. The van der Waals surface area contributed by atoms with Gasteiger partial charge in [0.25, 0.3) is 5.91 Å². The lowest BCUT2D eigenvalue weighted by atomic mass is 10.1. The van der Waals surface area contributed by atoms with E-state index in [1.807, 2.05) is 49.4 Å². The minimum atomic E-state index is -0.396. The van der Waals surface area contributed by atoms with E-state index in [0.29, 0.717) is 28.6 Å². The van der Waals surface area contributed by atoms with E-state index < -0.39 is 5.91 Å². The molecule has 0 saturated heterocycles. The molecule has 1 amide bonds. The molecule has 32 heavy (non-hydrogen) atoms. The number of aromatic nitrogens is 1. The predicted octanol–water partition coefficient (Wildman–Crippen LogP) is 4.95. The molecule has 0 radical (unpaired) electrons. The zero-order valence-electron chi connectivity index (χ0n) is 17.8. The number of aryl methyl sites for hydroxylation is 1. The van der Waals surface area contributed by atoms with Crippen LogP contribution in [0.4, 0.5) is 5.69 Å². The quantitative estimate of drug-likeness (QED) is 0.419. The number of amides is 1. The average Bonchev–Trinajstić information content (AvgIpc) is 3.22. The maximum Gasteiger partial charge on any atom is 0.261 e. The van der Waals surface area contributed by atoms with Gasteiger partial charge in [0.2, 0.25) is 5.89 Å². The van der Waals surface area contributed by atoms with Crippen LogP contribution >= 0.6 is 12.2 Å². The van der Waals surface area contributed by atoms with E-state index in [2.05, 4.69) is 15.6 Å². The van der Waals surface area contributed by atoms with Gasteiger partial charge in [-0.1, -0.05) is 12.1 Å². The first kappa shape index (κ1) is 21.3. The maximum absolute atomic E-state index is 12.7. The molecule has 0 fully saturated rings. The van der Waals surface area contributed by atoms with Crippen molar-refractivity contribution in [1.29, 1.82) is 0 Å². The molecular formula is C24H21N3O4S. The molecule has 1 aromatic heterocycles. The Morgan fingerprint density at radius 3 is 2.66 bits per heavy atom. The van der Waals surface area contributed by atoms with E-state index in [4.69, 9.17) is 26.1 Å². The van der Waals surface area contributed by atoms with Crippen molar-refractivity contribution in [3.05, 3.63) is 71.8 Å². The van der Waals surface area contributed by atoms with Crippen LogP contribution in [0.1, 0.15) is 15.9 Å². The first-order valence-corrected chi connectivity index (χ1v) is 10.2. The molecule has 2 N–H and O–H groups in total. The number of hydrogen-bond acceptors (Lipinski definition) is 6. The number of rotatable bonds is 5. The number of benzene rings is 3. The van der Waals surface area contributed by atoms with Gasteiger partial charge in [0.1, 0.15) is 17.0 Å². The van der Waals surface area contributed by atoms with Gasteiger partial charge < -0.3 is 19.2 Å². The summed E-state index contributed by atoms with van der Waals surface area (Å²) in [6, 6.07) is 18.2. The molecule has 0 aliphatic heterocycles. The van der Waals surface area contributed by atoms with Gasteiger partial charge in [0.15, 0.2) is 10.7 Å². The molecule has 8 heteroatoms. The number of oxazole rings is 1. The lowest BCUT2D eigenvalue weighted by Gasteiger charge is -2.13. The van der Waals surface area contributed by atoms with Crippen molar-refractivity contribution in [3.63, 3.8) is 0 Å². The third-order valence-corrected chi connectivity index (χ3v) is 4.99. The highest BCUT2D eigenvalue weighted by Crippen LogP contribution is 2.27. The van der Waals surface area contributed by atoms with Crippen LogP contribution in [0.25, 0.3) is 22.6 Å². The normalized spacial score (nSPS) is 10.6. The highest BCUT2D eigenvalue weighted by Gasteiger charge is 2.15. The first-order chi connectivity index (χ1) is 15.5. The topological polar surface area (TPSA) is 85.6 Å². The summed E-state index contributed by atoms with van der Waals surface area (Å²) in [4.78, 5) is 17.2. The van der Waals surface area contributed by atoms with Crippen molar-refractivity contribution in [2.75, 3.05) is 19.5 Å². The molecule has 0 aliphatic carbocycles. The molecule has 0 unspecified atom stereocenters. The molecule has 0 bridgehead atoms. The highest BCUT2D eigenvalue weighted by atomic mass is 32.1. The van der Waals surface area contributed by atoms with Crippen molar-refractivity contribution in [1.82, 2.24) is 10.3 Å². The van der Waals surface area contributed by atoms with Crippen molar-refractivity contribution >= 4 is 40.0 Å². The third kappa shape index (κ3) is 4.55. The van der Waals surface area contributed by atoms with E-state index in [-0.39, 0.29) is 5.11 Å². The Hall–Kier alpha value is -3.91. The summed E-state index contributed by atoms with van der Waals surface area (Å²) in [6.45, 7) is 2.01. The zero-order chi connectivity index (χ0) is 22.7. The molecule has 0 aliphatic rings. The fourth-order valence-corrected chi connectivity index (χ4v) is 3.42. The van der Waals surface area contributed by atoms with Gasteiger partial charge in [-0.15, -0.1) is 0 Å². The van der Waals surface area contributed by atoms with Gasteiger partial charge in [-0.05, 0) is 67.2 Å². The van der Waals surface area contributed by atoms with E-state index in [1.165, 1.54) is 7.11 Å². The maximum atomic E-state index is 12.7. The number of ether oxygens (including phenoxy) is 2. The predicted molar refractivity (Wildman–Crippen MR) is 127 cm³/mol. The van der Waals surface area contributed by atoms with Crippen LogP contribution in [0.2, 0.25) is 0 Å². The molecule has 162 valence electrons. The average molecular weight is 448 g/mol. The molecule has 7 nitrogen and oxygen atoms in total. The number of hydrogen-bond donors (Lipinski definition) is 2. The second kappa shape index (κ2) is 9.07. The van der Waals surface area contributed by atoms with Crippen LogP contribution in [-0.2, 0) is 0 Å². The largest absolute Gasteiger partial charge is 0.497 e. The summed E-state index contributed by atoms with van der Waals surface area (Å²) in [5, 5.41) is 5.84. The Balaban J connectivity index is 1.48. The van der Waals surface area contributed by atoms with Gasteiger partial charge >= 0.3 is 0 Å². The van der Waals surface area contributed by atoms with Gasteiger partial charge in [0.05, 0.1) is 19.8 Å². The standard InChI is InChI=1S/C24H21N3O4S/c1-14-7-10-20-19(11-14)26-23(31-20)15-5-4-6-16(12-15)25-24(32)27-22(28)18-9-8-17(29-2)13-21(18)30-3/h4-13H,1-3H3,(H2,25,27,28,32). The van der Waals surface area contributed by atoms with E-state index in [0.717, 1.165) is 22.2 Å². The number of anilines is 1. The molecule has 4 rings (SSSR count). The Labute approximate surface area is 190 Å². The summed E-state index contributed by atoms with van der Waals surface area (Å²) in [7, 11) is 3.03. The van der Waals surface area contributed by atoms with Gasteiger partial charge in [-0.3, -0.25) is 10.1 Å². The minimum Gasteiger partial charge on any atom is -0.497 e. The van der Waals surface area contributed by atoms with Crippen LogP contribution in [0.5, 0.6) is 11.5 Å². The molecule has 1 heterocycles. The molecule has 0 atom stereocenters. The van der Waals surface area contributed by atoms with Gasteiger partial charge in [-0.25, -0.2) is 4.98 Å². The number of carbonyl (C=O) groups excluding carboxylic acids is 1. The first-order valence-electron chi connectivity index (χ1n) is 9.79. The van der Waals surface area contributed by atoms with E-state index in [9.17, 15) is 4.79 Å². The zero-order valence-corrected chi connectivity index (χ0v) is 18.6. The molecule has 3 aromatic carbocycles. The number of fused-ring (bicyclic) bond motifs is 1. The van der Waals surface area contributed by atoms with Crippen molar-refractivity contribution in [2.45, 2.75) is 6.92 Å². The monoisotopic (exact) mass is 447 g/mol. The fourth-order valence-electron chi connectivity index (χ4n) is 3.21. The second-order valence-corrected chi connectivity index (χ2v) is 7.45. The van der Waals surface area contributed by atoms with Crippen LogP contribution < -0.4 is 20.1 Å². The van der Waals surface area contributed by atoms with Crippen LogP contribution in [0.15, 0.2) is 65.1 Å². The Morgan fingerprint density at radius 2 is 1.88 bits per heavy atom. The van der Waals surface area contributed by atoms with Crippen LogP contribution in [0, 0.1) is 6.92 Å². The van der Waals surface area contributed by atoms with Crippen molar-refractivity contribution < 1.29 is 18.7 Å².